The van der Waals surface area contributed by atoms with Gasteiger partial charge in [-0.1, -0.05) is 11.8 Å². The number of anilines is 2. The van der Waals surface area contributed by atoms with E-state index in [1.54, 1.807) is 36.7 Å². The zero-order valence-corrected chi connectivity index (χ0v) is 13.5. The highest BCUT2D eigenvalue weighted by molar-refractivity contribution is 7.99. The highest BCUT2D eigenvalue weighted by Crippen LogP contribution is 2.28. The molecule has 23 heavy (non-hydrogen) atoms. The van der Waals surface area contributed by atoms with Crippen LogP contribution in [0.1, 0.15) is 6.92 Å². The fourth-order valence-electron chi connectivity index (χ4n) is 1.76. The number of rotatable bonds is 6. The quantitative estimate of drug-likeness (QED) is 0.622. The Kier molecular flexibility index (Phi) is 5.93. The van der Waals surface area contributed by atoms with E-state index in [2.05, 4.69) is 20.6 Å². The molecule has 1 aromatic carbocycles. The van der Waals surface area contributed by atoms with Crippen LogP contribution in [0.15, 0.2) is 41.8 Å². The number of amides is 2. The van der Waals surface area contributed by atoms with Crippen LogP contribution in [0.3, 0.4) is 0 Å². The monoisotopic (exact) mass is 332 g/mol. The van der Waals surface area contributed by atoms with Gasteiger partial charge in [0.2, 0.25) is 11.8 Å². The lowest BCUT2D eigenvalue weighted by Gasteiger charge is -2.12. The lowest BCUT2D eigenvalue weighted by Crippen LogP contribution is -2.15. The SMILES string of the molecule is COc1ccc(NC(C)=O)cc1NC(=O)CSc1ncccn1. The van der Waals surface area contributed by atoms with Crippen molar-refractivity contribution < 1.29 is 14.3 Å². The molecule has 0 saturated carbocycles. The van der Waals surface area contributed by atoms with Crippen LogP contribution in [0.2, 0.25) is 0 Å². The van der Waals surface area contributed by atoms with Crippen LogP contribution < -0.4 is 15.4 Å². The molecule has 1 aromatic heterocycles. The minimum Gasteiger partial charge on any atom is -0.495 e. The Balaban J connectivity index is 2.02. The van der Waals surface area contributed by atoms with Crippen LogP contribution in [0.5, 0.6) is 5.75 Å². The molecule has 0 spiro atoms. The molecular weight excluding hydrogens is 316 g/mol. The Morgan fingerprint density at radius 1 is 1.22 bits per heavy atom. The third-order valence-electron chi connectivity index (χ3n) is 2.67. The summed E-state index contributed by atoms with van der Waals surface area (Å²) < 4.78 is 5.21. The first-order valence-electron chi connectivity index (χ1n) is 6.74. The standard InChI is InChI=1S/C15H16N4O3S/c1-10(20)18-11-4-5-13(22-2)12(8-11)19-14(21)9-23-15-16-6-3-7-17-15/h3-8H,9H2,1-2H3,(H,18,20)(H,19,21). The predicted octanol–water partition coefficient (Wildman–Crippen LogP) is 2.17. The summed E-state index contributed by atoms with van der Waals surface area (Å²) in [6, 6.07) is 6.72. The molecule has 0 fully saturated rings. The van der Waals surface area contributed by atoms with E-state index >= 15 is 0 Å². The zero-order valence-electron chi connectivity index (χ0n) is 12.7. The van der Waals surface area contributed by atoms with E-state index < -0.39 is 0 Å². The molecule has 0 bridgehead atoms. The van der Waals surface area contributed by atoms with Crippen LogP contribution in [0.4, 0.5) is 11.4 Å². The Labute approximate surface area is 137 Å². The van der Waals surface area contributed by atoms with Crippen molar-refractivity contribution >= 4 is 35.0 Å². The number of benzene rings is 1. The van der Waals surface area contributed by atoms with E-state index in [0.717, 1.165) is 0 Å². The van der Waals surface area contributed by atoms with Gasteiger partial charge in [-0.25, -0.2) is 9.97 Å². The molecule has 0 saturated heterocycles. The normalized spacial score (nSPS) is 10.0. The molecule has 0 radical (unpaired) electrons. The van der Waals surface area contributed by atoms with E-state index in [-0.39, 0.29) is 17.6 Å². The largest absolute Gasteiger partial charge is 0.495 e. The topological polar surface area (TPSA) is 93.2 Å². The maximum Gasteiger partial charge on any atom is 0.234 e. The molecular formula is C15H16N4O3S. The minimum atomic E-state index is -0.222. The summed E-state index contributed by atoms with van der Waals surface area (Å²) in [7, 11) is 1.51. The Hall–Kier alpha value is -2.61. The number of carbonyl (C=O) groups excluding carboxylic acids is 2. The maximum absolute atomic E-state index is 12.1. The van der Waals surface area contributed by atoms with Crippen molar-refractivity contribution in [2.45, 2.75) is 12.1 Å². The molecule has 2 aromatic rings. The van der Waals surface area contributed by atoms with Crippen molar-refractivity contribution in [1.29, 1.82) is 0 Å². The number of aromatic nitrogens is 2. The molecule has 1 heterocycles. The number of ether oxygens (including phenoxy) is 1. The van der Waals surface area contributed by atoms with Crippen LogP contribution in [0.25, 0.3) is 0 Å². The number of hydrogen-bond acceptors (Lipinski definition) is 6. The van der Waals surface area contributed by atoms with Crippen LogP contribution in [-0.4, -0.2) is 34.6 Å². The lowest BCUT2D eigenvalue weighted by atomic mass is 10.2. The number of nitrogens with zero attached hydrogens (tertiary/aromatic N) is 2. The van der Waals surface area contributed by atoms with Gasteiger partial charge in [-0.2, -0.15) is 0 Å². The van der Waals surface area contributed by atoms with Gasteiger partial charge in [0.15, 0.2) is 5.16 Å². The summed E-state index contributed by atoms with van der Waals surface area (Å²) in [6.45, 7) is 1.42. The molecule has 8 heteroatoms. The molecule has 0 aliphatic carbocycles. The predicted molar refractivity (Wildman–Crippen MR) is 88.7 cm³/mol. The van der Waals surface area contributed by atoms with Gasteiger partial charge in [-0.15, -0.1) is 0 Å². The van der Waals surface area contributed by atoms with Gasteiger partial charge in [0.05, 0.1) is 18.6 Å². The van der Waals surface area contributed by atoms with Crippen molar-refractivity contribution in [2.24, 2.45) is 0 Å². The number of hydrogen-bond donors (Lipinski definition) is 2. The van der Waals surface area contributed by atoms with Gasteiger partial charge in [-0.05, 0) is 24.3 Å². The van der Waals surface area contributed by atoms with E-state index in [1.165, 1.54) is 25.8 Å². The second-order valence-corrected chi connectivity index (χ2v) is 5.41. The van der Waals surface area contributed by atoms with Crippen LogP contribution >= 0.6 is 11.8 Å². The fraction of sp³-hybridized carbons (Fsp3) is 0.200. The molecule has 2 amide bonds. The van der Waals surface area contributed by atoms with Crippen molar-refractivity contribution in [3.63, 3.8) is 0 Å². The third kappa shape index (κ3) is 5.26. The molecule has 120 valence electrons. The van der Waals surface area contributed by atoms with E-state index in [9.17, 15) is 9.59 Å². The van der Waals surface area contributed by atoms with E-state index in [0.29, 0.717) is 22.3 Å². The van der Waals surface area contributed by atoms with Crippen LogP contribution in [-0.2, 0) is 9.59 Å². The summed E-state index contributed by atoms with van der Waals surface area (Å²) in [5.74, 6) is 0.260. The molecule has 0 aliphatic heterocycles. The van der Waals surface area contributed by atoms with Gasteiger partial charge < -0.3 is 15.4 Å². The molecule has 7 nitrogen and oxygen atoms in total. The van der Waals surface area contributed by atoms with Gasteiger partial charge in [0.1, 0.15) is 5.75 Å². The molecule has 0 aliphatic rings. The highest BCUT2D eigenvalue weighted by Gasteiger charge is 2.10. The summed E-state index contributed by atoms with van der Waals surface area (Å²) in [5.41, 5.74) is 1.06. The highest BCUT2D eigenvalue weighted by atomic mass is 32.2. The Morgan fingerprint density at radius 2 is 1.96 bits per heavy atom. The van der Waals surface area contributed by atoms with Crippen LogP contribution in [0, 0.1) is 0 Å². The summed E-state index contributed by atoms with van der Waals surface area (Å²) in [4.78, 5) is 31.2. The third-order valence-corrected chi connectivity index (χ3v) is 3.54. The lowest BCUT2D eigenvalue weighted by molar-refractivity contribution is -0.114. The summed E-state index contributed by atoms with van der Waals surface area (Å²) in [6.07, 6.45) is 3.24. The fourth-order valence-corrected chi connectivity index (χ4v) is 2.37. The first kappa shape index (κ1) is 16.8. The van der Waals surface area contributed by atoms with Gasteiger partial charge in [-0.3, -0.25) is 9.59 Å². The number of thioether (sulfide) groups is 1. The van der Waals surface area contributed by atoms with Crippen molar-refractivity contribution in [2.75, 3.05) is 23.5 Å². The first-order chi connectivity index (χ1) is 11.1. The van der Waals surface area contributed by atoms with Gasteiger partial charge in [0.25, 0.3) is 0 Å². The van der Waals surface area contributed by atoms with Crippen molar-refractivity contribution in [1.82, 2.24) is 9.97 Å². The molecule has 0 atom stereocenters. The Morgan fingerprint density at radius 3 is 2.61 bits per heavy atom. The van der Waals surface area contributed by atoms with Gasteiger partial charge >= 0.3 is 0 Å². The molecule has 2 N–H and O–H groups in total. The van der Waals surface area contributed by atoms with Crippen molar-refractivity contribution in [3.05, 3.63) is 36.7 Å². The number of carbonyl (C=O) groups is 2. The minimum absolute atomic E-state index is 0.164. The van der Waals surface area contributed by atoms with E-state index in [1.807, 2.05) is 0 Å². The Bertz CT molecular complexity index is 694. The second-order valence-electron chi connectivity index (χ2n) is 4.46. The average Bonchev–Trinajstić information content (AvgIpc) is 2.54. The van der Waals surface area contributed by atoms with Crippen molar-refractivity contribution in [3.8, 4) is 5.75 Å². The maximum atomic E-state index is 12.1. The van der Waals surface area contributed by atoms with Gasteiger partial charge in [0, 0.05) is 25.0 Å². The summed E-state index contributed by atoms with van der Waals surface area (Å²) >= 11 is 1.23. The van der Waals surface area contributed by atoms with E-state index in [4.69, 9.17) is 4.74 Å². The number of methoxy groups -OCH3 is 1. The zero-order chi connectivity index (χ0) is 16.7. The average molecular weight is 332 g/mol. The molecule has 0 unspecified atom stereocenters. The first-order valence-corrected chi connectivity index (χ1v) is 7.72. The number of nitrogens with one attached hydrogen (secondary N) is 2. The molecule has 2 rings (SSSR count). The second kappa shape index (κ2) is 8.14. The summed E-state index contributed by atoms with van der Waals surface area (Å²) in [5, 5.41) is 5.94. The smallest absolute Gasteiger partial charge is 0.234 e.